The second-order valence-corrected chi connectivity index (χ2v) is 1.97. The van der Waals surface area contributed by atoms with Gasteiger partial charge in [0.1, 0.15) is 0 Å². The van der Waals surface area contributed by atoms with E-state index >= 15 is 0 Å². The van der Waals surface area contributed by atoms with Crippen molar-refractivity contribution < 1.29 is 20.2 Å². The summed E-state index contributed by atoms with van der Waals surface area (Å²) in [7, 11) is 0. The summed E-state index contributed by atoms with van der Waals surface area (Å²) >= 11 is 0. The van der Waals surface area contributed by atoms with E-state index in [9.17, 15) is 9.59 Å². The Labute approximate surface area is 79.9 Å². The van der Waals surface area contributed by atoms with Crippen molar-refractivity contribution in [1.29, 1.82) is 0 Å². The molecule has 0 spiro atoms. The lowest BCUT2D eigenvalue weighted by Crippen LogP contribution is -2.12. The molecule has 1 aromatic rings. The van der Waals surface area contributed by atoms with Crippen molar-refractivity contribution in [3.8, 4) is 0 Å². The number of nitrogens with zero attached hydrogens (tertiary/aromatic N) is 1. The molecule has 0 saturated heterocycles. The van der Waals surface area contributed by atoms with Gasteiger partial charge in [-0.15, -0.1) is 0 Å². The number of aliphatic carboxylic acids is 1. The van der Waals surface area contributed by atoms with Gasteiger partial charge in [0.2, 0.25) is 0 Å². The van der Waals surface area contributed by atoms with E-state index < -0.39 is 47.2 Å². The summed E-state index contributed by atoms with van der Waals surface area (Å²) < 4.78 is 29.5. The summed E-state index contributed by atoms with van der Waals surface area (Å²) in [4.78, 5) is 24.5. The number of carbonyl (C=O) groups excluding carboxylic acids is 1. The Bertz CT molecular complexity index is 548. The largest absolute Gasteiger partial charge is 0.475 e. The summed E-state index contributed by atoms with van der Waals surface area (Å²) in [5, 5.41) is 8.49. The minimum absolute atomic E-state index is 0.540. The first-order chi connectivity index (χ1) is 7.82. The third-order valence-corrected chi connectivity index (χ3v) is 1.14. The number of rotatable bonds is 2. The lowest BCUT2D eigenvalue weighted by Gasteiger charge is -1.94. The van der Waals surface area contributed by atoms with Crippen LogP contribution in [-0.4, -0.2) is 16.9 Å². The van der Waals surface area contributed by atoms with Crippen LogP contribution in [0.5, 0.6) is 0 Å². The normalized spacial score (nSPS) is 13.2. The lowest BCUT2D eigenvalue weighted by atomic mass is 10.2. The average molecular weight is 181 g/mol. The molecule has 0 fully saturated rings. The van der Waals surface area contributed by atoms with Gasteiger partial charge < -0.3 is 5.11 Å². The fourth-order valence-electron chi connectivity index (χ4n) is 0.582. The van der Waals surface area contributed by atoms with Crippen molar-refractivity contribution in [3.05, 3.63) is 41.2 Å². The van der Waals surface area contributed by atoms with Crippen molar-refractivity contribution in [2.24, 2.45) is 0 Å². The van der Waals surface area contributed by atoms with E-state index in [1.54, 1.807) is 0 Å². The van der Waals surface area contributed by atoms with E-state index in [1.807, 2.05) is 0 Å². The number of hydrogen-bond donors (Lipinski definition) is 1. The molecule has 0 saturated carbocycles. The molecular weight excluding hydrogens is 172 g/mol. The van der Waals surface area contributed by atoms with Gasteiger partial charge in [0.05, 0.1) is 9.31 Å². The Morgan fingerprint density at radius 3 is 2.31 bits per heavy atom. The van der Waals surface area contributed by atoms with Crippen LogP contribution in [0.15, 0.2) is 24.2 Å². The van der Waals surface area contributed by atoms with Crippen LogP contribution in [0.3, 0.4) is 0 Å². The van der Waals surface area contributed by atoms with Crippen molar-refractivity contribution >= 4 is 17.4 Å². The number of carbonyl (C=O) groups is 2. The van der Waals surface area contributed by atoms with Gasteiger partial charge in [-0.25, -0.2) is 9.64 Å². The number of Topliss-reactive ketones (excluding diaryl/α,β-unsaturated/α-hetero) is 1. The van der Waals surface area contributed by atoms with Crippen molar-refractivity contribution in [1.82, 2.24) is 0 Å². The molecule has 4 nitrogen and oxygen atoms in total. The van der Waals surface area contributed by atoms with E-state index in [0.717, 1.165) is 0 Å². The molecule has 1 N–H and O–H groups in total. The third-order valence-electron chi connectivity index (χ3n) is 1.14. The molecule has 0 aromatic heterocycles. The van der Waals surface area contributed by atoms with E-state index in [1.165, 1.54) is 0 Å². The number of benzene rings is 1. The minimum atomic E-state index is -1.87. The molecule has 0 aliphatic rings. The molecule has 1 aromatic carbocycles. The zero-order valence-corrected chi connectivity index (χ0v) is 6.21. The van der Waals surface area contributed by atoms with Gasteiger partial charge in [-0.2, -0.15) is 0 Å². The molecule has 1 rings (SSSR count). The van der Waals surface area contributed by atoms with Crippen LogP contribution in [0.25, 0.3) is 4.85 Å². The fourth-order valence-corrected chi connectivity index (χ4v) is 0.582. The first-order valence-corrected chi connectivity index (χ1v) is 3.08. The Kier molecular flexibility index (Phi) is 1.28. The maximum absolute atomic E-state index is 11.2. The van der Waals surface area contributed by atoms with Crippen molar-refractivity contribution in [3.63, 3.8) is 0 Å². The fraction of sp³-hybridized carbons (Fsp3) is 0. The number of ketones is 1. The van der Waals surface area contributed by atoms with E-state index in [4.69, 9.17) is 17.2 Å². The van der Waals surface area contributed by atoms with Gasteiger partial charge in [0.15, 0.2) is 5.69 Å². The molecule has 0 radical (unpaired) electrons. The highest BCUT2D eigenvalue weighted by Crippen LogP contribution is 2.12. The summed E-state index contributed by atoms with van der Waals surface area (Å²) in [6.07, 6.45) is 0. The van der Waals surface area contributed by atoms with Crippen LogP contribution in [0, 0.1) is 6.57 Å². The van der Waals surface area contributed by atoms with Crippen molar-refractivity contribution in [2.75, 3.05) is 0 Å². The second kappa shape index (κ2) is 3.50. The minimum Gasteiger partial charge on any atom is -0.475 e. The standard InChI is InChI=1S/C9H5NO3/c1-10-7-4-2-6(3-5-7)8(11)9(12)13/h2-5H,(H,12,13)/i2D,3D,4D,5D,8+1,9+1. The van der Waals surface area contributed by atoms with Gasteiger partial charge in [-0.3, -0.25) is 4.79 Å². The number of carboxylic acid groups (broad SMARTS) is 1. The molecule has 13 heavy (non-hydrogen) atoms. The lowest BCUT2D eigenvalue weighted by molar-refractivity contribution is -0.131. The predicted octanol–water partition coefficient (Wildman–Crippen LogP) is 1.50. The predicted molar refractivity (Wildman–Crippen MR) is 44.7 cm³/mol. The topological polar surface area (TPSA) is 58.7 Å². The van der Waals surface area contributed by atoms with Gasteiger partial charge in [0.25, 0.3) is 5.78 Å². The van der Waals surface area contributed by atoms with Crippen LogP contribution in [0.1, 0.15) is 15.8 Å². The summed E-state index contributed by atoms with van der Waals surface area (Å²) in [5.41, 5.74) is -1.37. The van der Waals surface area contributed by atoms with Crippen LogP contribution < -0.4 is 0 Å². The Morgan fingerprint density at radius 2 is 1.92 bits per heavy atom. The van der Waals surface area contributed by atoms with Crippen LogP contribution in [0.2, 0.25) is 0 Å². The molecule has 4 heteroatoms. The Balaban J connectivity index is 3.72. The second-order valence-electron chi connectivity index (χ2n) is 1.97. The summed E-state index contributed by atoms with van der Waals surface area (Å²) in [6, 6.07) is -3.06. The molecule has 0 unspecified atom stereocenters. The maximum Gasteiger partial charge on any atom is 0.377 e. The molecule has 0 atom stereocenters. The highest BCUT2D eigenvalue weighted by atomic mass is 16.5. The Morgan fingerprint density at radius 1 is 1.38 bits per heavy atom. The molecule has 0 aliphatic carbocycles. The van der Waals surface area contributed by atoms with Gasteiger partial charge in [-0.1, -0.05) is 24.2 Å². The highest BCUT2D eigenvalue weighted by Gasteiger charge is 2.13. The van der Waals surface area contributed by atoms with Gasteiger partial charge in [0, 0.05) is 8.30 Å². The zero-order valence-electron chi connectivity index (χ0n) is 10.2. The average Bonchev–Trinajstić information content (AvgIpc) is 2.27. The Hall–Kier alpha value is -2.15. The number of hydrogen-bond acceptors (Lipinski definition) is 2. The van der Waals surface area contributed by atoms with Gasteiger partial charge in [-0.05, 0) is 0 Å². The van der Waals surface area contributed by atoms with E-state index in [-0.39, 0.29) is 0 Å². The van der Waals surface area contributed by atoms with Crippen molar-refractivity contribution in [2.45, 2.75) is 0 Å². The van der Waals surface area contributed by atoms with E-state index in [2.05, 4.69) is 4.85 Å². The SMILES string of the molecule is [2H]c1c([2H])c([13C](=O)[13C](=O)O)c([2H])c([2H])c1[N+]#[C-]. The first kappa shape index (κ1) is 4.77. The molecule has 0 aliphatic heterocycles. The summed E-state index contributed by atoms with van der Waals surface area (Å²) in [5.74, 6) is -3.40. The van der Waals surface area contributed by atoms with E-state index in [0.29, 0.717) is 0 Å². The molecule has 0 bridgehead atoms. The maximum atomic E-state index is 11.2. The van der Waals surface area contributed by atoms with Gasteiger partial charge >= 0.3 is 5.97 Å². The molecule has 64 valence electrons. The third kappa shape index (κ3) is 1.91. The van der Waals surface area contributed by atoms with Crippen LogP contribution in [0.4, 0.5) is 5.69 Å². The zero-order chi connectivity index (χ0) is 13.3. The van der Waals surface area contributed by atoms with Crippen LogP contribution in [-0.2, 0) is 4.79 Å². The monoisotopic (exact) mass is 181 g/mol. The molecule has 0 amide bonds. The molecule has 0 heterocycles. The smallest absolute Gasteiger partial charge is 0.377 e. The first-order valence-electron chi connectivity index (χ1n) is 5.08. The quantitative estimate of drug-likeness (QED) is 0.325. The van der Waals surface area contributed by atoms with Crippen LogP contribution >= 0.6 is 0 Å². The molecular formula is C9H5NO3. The summed E-state index contributed by atoms with van der Waals surface area (Å²) in [6.45, 7) is 6.70. The highest BCUT2D eigenvalue weighted by molar-refractivity contribution is 6.39. The number of carboxylic acids is 1.